The molecular weight excluding hydrogens is 434 g/mol. The summed E-state index contributed by atoms with van der Waals surface area (Å²) in [5.74, 6) is -0.449. The van der Waals surface area contributed by atoms with Gasteiger partial charge in [0, 0.05) is 42.6 Å². The number of halogens is 1. The quantitative estimate of drug-likeness (QED) is 0.748. The molecule has 0 aromatic heterocycles. The molecule has 150 valence electrons. The summed E-state index contributed by atoms with van der Waals surface area (Å²) in [6, 6.07) is 15.1. The second-order valence-electron chi connectivity index (χ2n) is 7.47. The van der Waals surface area contributed by atoms with Gasteiger partial charge in [0.25, 0.3) is 0 Å². The minimum absolute atomic E-state index is 0.0571. The second-order valence-corrected chi connectivity index (χ2v) is 8.32. The lowest BCUT2D eigenvalue weighted by atomic mass is 10.1. The van der Waals surface area contributed by atoms with Gasteiger partial charge < -0.3 is 15.1 Å². The largest absolute Gasteiger partial charge is 0.338 e. The molecule has 2 aromatic rings. The average Bonchev–Trinajstić information content (AvgIpc) is 3.28. The molecule has 6 nitrogen and oxygen atoms in total. The Hall–Kier alpha value is -2.67. The van der Waals surface area contributed by atoms with Crippen molar-refractivity contribution in [3.05, 3.63) is 58.6 Å². The minimum Gasteiger partial charge on any atom is -0.338 e. The Kier molecular flexibility index (Phi) is 5.67. The number of nitrogens with zero attached hydrogens (tertiary/aromatic N) is 2. The molecule has 3 amide bonds. The highest BCUT2D eigenvalue weighted by Crippen LogP contribution is 2.31. The van der Waals surface area contributed by atoms with Gasteiger partial charge in [0.15, 0.2) is 0 Å². The summed E-state index contributed by atoms with van der Waals surface area (Å²) in [5.41, 5.74) is 2.45. The topological polar surface area (TPSA) is 69.7 Å². The van der Waals surface area contributed by atoms with Crippen LogP contribution in [0.4, 0.5) is 11.4 Å². The molecule has 29 heavy (non-hydrogen) atoms. The Morgan fingerprint density at radius 3 is 2.69 bits per heavy atom. The maximum absolute atomic E-state index is 12.8. The number of para-hydroxylation sites is 1. The average molecular weight is 456 g/mol. The highest BCUT2D eigenvalue weighted by molar-refractivity contribution is 9.10. The van der Waals surface area contributed by atoms with Crippen molar-refractivity contribution in [2.75, 3.05) is 23.3 Å². The highest BCUT2D eigenvalue weighted by Gasteiger charge is 2.35. The van der Waals surface area contributed by atoms with E-state index < -0.39 is 5.92 Å². The summed E-state index contributed by atoms with van der Waals surface area (Å²) in [5, 5.41) is 2.93. The van der Waals surface area contributed by atoms with E-state index in [1.165, 1.54) is 0 Å². The van der Waals surface area contributed by atoms with Crippen molar-refractivity contribution in [3.8, 4) is 0 Å². The number of carbonyl (C=O) groups is 3. The van der Waals surface area contributed by atoms with E-state index >= 15 is 0 Å². The van der Waals surface area contributed by atoms with Gasteiger partial charge in [-0.1, -0.05) is 24.3 Å². The van der Waals surface area contributed by atoms with Gasteiger partial charge in [-0.15, -0.1) is 0 Å². The number of anilines is 2. The molecule has 2 aliphatic rings. The zero-order valence-corrected chi connectivity index (χ0v) is 17.5. The SMILES string of the molecule is O=C(Nc1cccc(CN2CCCC2=O)c1)C1CC(=O)N(c2ccccc2Br)C1. The number of hydrogen-bond acceptors (Lipinski definition) is 3. The molecule has 7 heteroatoms. The number of amides is 3. The molecule has 0 saturated carbocycles. The Labute approximate surface area is 178 Å². The van der Waals surface area contributed by atoms with Gasteiger partial charge >= 0.3 is 0 Å². The van der Waals surface area contributed by atoms with E-state index in [1.807, 2.05) is 53.4 Å². The first kappa shape index (κ1) is 19.6. The summed E-state index contributed by atoms with van der Waals surface area (Å²) < 4.78 is 0.832. The Balaban J connectivity index is 1.41. The van der Waals surface area contributed by atoms with Crippen LogP contribution in [0.1, 0.15) is 24.8 Å². The van der Waals surface area contributed by atoms with Gasteiger partial charge in [0.05, 0.1) is 11.6 Å². The van der Waals surface area contributed by atoms with Crippen LogP contribution in [-0.2, 0) is 20.9 Å². The normalized spacial score (nSPS) is 19.1. The number of likely N-dealkylation sites (tertiary alicyclic amines) is 1. The molecule has 0 bridgehead atoms. The molecule has 2 saturated heterocycles. The fourth-order valence-electron chi connectivity index (χ4n) is 3.87. The molecule has 2 heterocycles. The van der Waals surface area contributed by atoms with E-state index in [1.54, 1.807) is 4.90 Å². The van der Waals surface area contributed by atoms with Crippen molar-refractivity contribution in [2.24, 2.45) is 5.92 Å². The van der Waals surface area contributed by atoms with Gasteiger partial charge in [0.2, 0.25) is 17.7 Å². The maximum Gasteiger partial charge on any atom is 0.229 e. The van der Waals surface area contributed by atoms with Crippen molar-refractivity contribution >= 4 is 45.0 Å². The first-order valence-electron chi connectivity index (χ1n) is 9.74. The van der Waals surface area contributed by atoms with Crippen molar-refractivity contribution in [3.63, 3.8) is 0 Å². The fraction of sp³-hybridized carbons (Fsp3) is 0.318. The lowest BCUT2D eigenvalue weighted by molar-refractivity contribution is -0.128. The summed E-state index contributed by atoms with van der Waals surface area (Å²) in [7, 11) is 0. The molecule has 0 aliphatic carbocycles. The third kappa shape index (κ3) is 4.34. The number of nitrogens with one attached hydrogen (secondary N) is 1. The Morgan fingerprint density at radius 1 is 1.10 bits per heavy atom. The molecule has 1 atom stereocenters. The van der Waals surface area contributed by atoms with Crippen LogP contribution in [0.25, 0.3) is 0 Å². The molecular formula is C22H22BrN3O3. The van der Waals surface area contributed by atoms with E-state index in [0.29, 0.717) is 25.2 Å². The summed E-state index contributed by atoms with van der Waals surface area (Å²) in [6.07, 6.45) is 1.70. The molecule has 4 rings (SSSR count). The smallest absolute Gasteiger partial charge is 0.229 e. The van der Waals surface area contributed by atoms with Crippen molar-refractivity contribution < 1.29 is 14.4 Å². The maximum atomic E-state index is 12.8. The highest BCUT2D eigenvalue weighted by atomic mass is 79.9. The monoisotopic (exact) mass is 455 g/mol. The van der Waals surface area contributed by atoms with Crippen LogP contribution < -0.4 is 10.2 Å². The lowest BCUT2D eigenvalue weighted by Crippen LogP contribution is -2.28. The van der Waals surface area contributed by atoms with Crippen LogP contribution in [0, 0.1) is 5.92 Å². The first-order valence-corrected chi connectivity index (χ1v) is 10.5. The van der Waals surface area contributed by atoms with Crippen LogP contribution in [0.15, 0.2) is 53.0 Å². The van der Waals surface area contributed by atoms with Crippen LogP contribution in [0.5, 0.6) is 0 Å². The summed E-state index contributed by atoms with van der Waals surface area (Å²) in [4.78, 5) is 40.6. The molecule has 0 spiro atoms. The predicted molar refractivity (Wildman–Crippen MR) is 114 cm³/mol. The first-order chi connectivity index (χ1) is 14.0. The number of hydrogen-bond donors (Lipinski definition) is 1. The molecule has 2 aliphatic heterocycles. The third-order valence-corrected chi connectivity index (χ3v) is 6.05. The number of carbonyl (C=O) groups excluding carboxylic acids is 3. The standard InChI is InChI=1S/C22H22BrN3O3/c23-18-7-1-2-8-19(18)26-14-16(12-21(26)28)22(29)24-17-6-3-5-15(11-17)13-25-10-4-9-20(25)27/h1-3,5-8,11,16H,4,9-10,12-14H2,(H,24,29). The fourth-order valence-corrected chi connectivity index (χ4v) is 4.37. The van der Waals surface area contributed by atoms with Gasteiger partial charge in [-0.2, -0.15) is 0 Å². The van der Waals surface area contributed by atoms with Crippen LogP contribution in [0.3, 0.4) is 0 Å². The lowest BCUT2D eigenvalue weighted by Gasteiger charge is -2.18. The molecule has 0 radical (unpaired) electrons. The number of rotatable bonds is 5. The molecule has 2 aromatic carbocycles. The van der Waals surface area contributed by atoms with Crippen LogP contribution in [0.2, 0.25) is 0 Å². The van der Waals surface area contributed by atoms with Crippen LogP contribution in [-0.4, -0.2) is 35.7 Å². The molecule has 1 N–H and O–H groups in total. The Bertz CT molecular complexity index is 962. The number of benzene rings is 2. The molecule has 2 fully saturated rings. The van der Waals surface area contributed by atoms with Crippen molar-refractivity contribution in [1.82, 2.24) is 4.90 Å². The molecule has 1 unspecified atom stereocenters. The van der Waals surface area contributed by atoms with E-state index in [0.717, 1.165) is 28.7 Å². The van der Waals surface area contributed by atoms with E-state index in [2.05, 4.69) is 21.2 Å². The van der Waals surface area contributed by atoms with Gasteiger partial charge in [-0.05, 0) is 52.2 Å². The van der Waals surface area contributed by atoms with Gasteiger partial charge in [-0.3, -0.25) is 14.4 Å². The predicted octanol–water partition coefficient (Wildman–Crippen LogP) is 3.56. The second kappa shape index (κ2) is 8.37. The third-order valence-electron chi connectivity index (χ3n) is 5.38. The van der Waals surface area contributed by atoms with Gasteiger partial charge in [0.1, 0.15) is 0 Å². The van der Waals surface area contributed by atoms with Crippen molar-refractivity contribution in [2.45, 2.75) is 25.8 Å². The Morgan fingerprint density at radius 2 is 1.93 bits per heavy atom. The van der Waals surface area contributed by atoms with Crippen molar-refractivity contribution in [1.29, 1.82) is 0 Å². The van der Waals surface area contributed by atoms with Crippen LogP contribution >= 0.6 is 15.9 Å². The minimum atomic E-state index is -0.404. The van der Waals surface area contributed by atoms with E-state index in [9.17, 15) is 14.4 Å². The van der Waals surface area contributed by atoms with E-state index in [-0.39, 0.29) is 24.1 Å². The summed E-state index contributed by atoms with van der Waals surface area (Å²) >= 11 is 3.47. The summed E-state index contributed by atoms with van der Waals surface area (Å²) in [6.45, 7) is 1.69. The zero-order chi connectivity index (χ0) is 20.4. The zero-order valence-electron chi connectivity index (χ0n) is 15.9. The van der Waals surface area contributed by atoms with E-state index in [4.69, 9.17) is 0 Å². The van der Waals surface area contributed by atoms with Gasteiger partial charge in [-0.25, -0.2) is 0 Å².